The van der Waals surface area contributed by atoms with E-state index >= 15 is 0 Å². The summed E-state index contributed by atoms with van der Waals surface area (Å²) in [5.41, 5.74) is 2.37. The third-order valence-electron chi connectivity index (χ3n) is 4.06. The van der Waals surface area contributed by atoms with Gasteiger partial charge in [0.15, 0.2) is 6.61 Å². The number of ether oxygens (including phenoxy) is 1. The molecule has 1 N–H and O–H groups in total. The van der Waals surface area contributed by atoms with Gasteiger partial charge in [-0.1, -0.05) is 35.5 Å². The van der Waals surface area contributed by atoms with Crippen molar-refractivity contribution in [1.82, 2.24) is 15.5 Å². The highest BCUT2D eigenvalue weighted by Crippen LogP contribution is 2.26. The molecule has 7 nitrogen and oxygen atoms in total. The van der Waals surface area contributed by atoms with Crippen molar-refractivity contribution in [2.24, 2.45) is 0 Å². The number of nitrogens with zero attached hydrogens (tertiary/aromatic N) is 2. The molecule has 0 fully saturated rings. The van der Waals surface area contributed by atoms with Crippen molar-refractivity contribution < 1.29 is 18.8 Å². The molecule has 2 amide bonds. The molecule has 27 heavy (non-hydrogen) atoms. The number of aryl methyl sites for hydroxylation is 1. The molecular weight excluding hydrogens is 346 g/mol. The van der Waals surface area contributed by atoms with Crippen molar-refractivity contribution in [3.63, 3.8) is 0 Å². The first-order valence-corrected chi connectivity index (χ1v) is 8.29. The molecule has 3 aromatic rings. The number of amides is 2. The fourth-order valence-corrected chi connectivity index (χ4v) is 2.79. The van der Waals surface area contributed by atoms with Crippen LogP contribution in [0.2, 0.25) is 0 Å². The van der Waals surface area contributed by atoms with E-state index in [0.717, 1.165) is 5.56 Å². The van der Waals surface area contributed by atoms with E-state index < -0.39 is 5.91 Å². The third-order valence-corrected chi connectivity index (χ3v) is 4.06. The normalized spacial score (nSPS) is 14.8. The Hall–Kier alpha value is -3.74. The van der Waals surface area contributed by atoms with Gasteiger partial charge < -0.3 is 9.26 Å². The monoisotopic (exact) mass is 361 g/mol. The highest BCUT2D eigenvalue weighted by Gasteiger charge is 2.26. The van der Waals surface area contributed by atoms with Gasteiger partial charge in [0.2, 0.25) is 11.7 Å². The Bertz CT molecular complexity index is 1050. The number of hydrogen-bond acceptors (Lipinski definition) is 6. The first-order chi connectivity index (χ1) is 13.1. The van der Waals surface area contributed by atoms with Gasteiger partial charge in [-0.2, -0.15) is 4.98 Å². The number of benzene rings is 2. The van der Waals surface area contributed by atoms with Gasteiger partial charge in [-0.25, -0.2) is 0 Å². The lowest BCUT2D eigenvalue weighted by Gasteiger charge is -2.18. The lowest BCUT2D eigenvalue weighted by molar-refractivity contribution is -0.114. The number of imide groups is 1. The Morgan fingerprint density at radius 2 is 1.78 bits per heavy atom. The van der Waals surface area contributed by atoms with E-state index in [2.05, 4.69) is 15.5 Å². The van der Waals surface area contributed by atoms with E-state index in [1.807, 2.05) is 12.1 Å². The van der Waals surface area contributed by atoms with Crippen molar-refractivity contribution >= 4 is 23.5 Å². The maximum atomic E-state index is 12.3. The van der Waals surface area contributed by atoms with Crippen LogP contribution in [0, 0.1) is 6.92 Å². The molecule has 0 aliphatic carbocycles. The zero-order valence-electron chi connectivity index (χ0n) is 14.4. The lowest BCUT2D eigenvalue weighted by Crippen LogP contribution is -2.36. The molecule has 134 valence electrons. The highest BCUT2D eigenvalue weighted by molar-refractivity contribution is 6.33. The van der Waals surface area contributed by atoms with Crippen LogP contribution in [-0.2, 0) is 11.4 Å². The van der Waals surface area contributed by atoms with E-state index in [1.165, 1.54) is 0 Å². The van der Waals surface area contributed by atoms with Gasteiger partial charge in [0.25, 0.3) is 11.8 Å². The van der Waals surface area contributed by atoms with Gasteiger partial charge in [0.1, 0.15) is 5.75 Å². The zero-order chi connectivity index (χ0) is 18.8. The van der Waals surface area contributed by atoms with Gasteiger partial charge in [-0.05, 0) is 35.4 Å². The summed E-state index contributed by atoms with van der Waals surface area (Å²) in [6, 6.07) is 14.3. The summed E-state index contributed by atoms with van der Waals surface area (Å²) in [6.07, 6.45) is 1.74. The molecule has 0 spiro atoms. The van der Waals surface area contributed by atoms with Crippen molar-refractivity contribution in [1.29, 1.82) is 0 Å². The Morgan fingerprint density at radius 1 is 1.04 bits per heavy atom. The molecule has 7 heteroatoms. The first kappa shape index (κ1) is 16.7. The smallest absolute Gasteiger partial charge is 0.258 e. The second-order valence-corrected chi connectivity index (χ2v) is 5.97. The summed E-state index contributed by atoms with van der Waals surface area (Å²) in [7, 11) is 0. The Labute approximate surface area is 154 Å². The molecule has 1 aliphatic heterocycles. The molecule has 4 rings (SSSR count). The summed E-state index contributed by atoms with van der Waals surface area (Å²) in [5.74, 6) is 0.807. The summed E-state index contributed by atoms with van der Waals surface area (Å²) in [4.78, 5) is 28.3. The summed E-state index contributed by atoms with van der Waals surface area (Å²) in [6.45, 7) is 1.92. The quantitative estimate of drug-likeness (QED) is 0.567. The van der Waals surface area contributed by atoms with Crippen LogP contribution in [0.4, 0.5) is 0 Å². The number of carbonyl (C=O) groups is 2. The van der Waals surface area contributed by atoms with Gasteiger partial charge in [0, 0.05) is 18.1 Å². The average molecular weight is 361 g/mol. The minimum atomic E-state index is -0.411. The lowest BCUT2D eigenvalue weighted by atomic mass is 9.93. The van der Waals surface area contributed by atoms with Crippen LogP contribution in [0.5, 0.6) is 5.75 Å². The number of rotatable bonds is 4. The molecule has 0 unspecified atom stereocenters. The van der Waals surface area contributed by atoms with E-state index in [4.69, 9.17) is 9.26 Å². The molecule has 0 saturated heterocycles. The second-order valence-electron chi connectivity index (χ2n) is 5.97. The van der Waals surface area contributed by atoms with Crippen molar-refractivity contribution in [3.05, 3.63) is 76.9 Å². The van der Waals surface area contributed by atoms with Gasteiger partial charge in [-0.3, -0.25) is 14.9 Å². The van der Waals surface area contributed by atoms with Crippen LogP contribution < -0.4 is 10.1 Å². The zero-order valence-corrected chi connectivity index (χ0v) is 14.4. The molecular formula is C20H15N3O4. The van der Waals surface area contributed by atoms with E-state index in [0.29, 0.717) is 34.2 Å². The number of aromatic nitrogens is 2. The van der Waals surface area contributed by atoms with E-state index in [9.17, 15) is 9.59 Å². The molecule has 0 bridgehead atoms. The fourth-order valence-electron chi connectivity index (χ4n) is 2.79. The molecule has 0 atom stereocenters. The molecule has 1 aromatic heterocycles. The average Bonchev–Trinajstić information content (AvgIpc) is 3.10. The maximum Gasteiger partial charge on any atom is 0.258 e. The minimum absolute atomic E-state index is 0.204. The highest BCUT2D eigenvalue weighted by atomic mass is 16.5. The van der Waals surface area contributed by atoms with Gasteiger partial charge in [-0.15, -0.1) is 0 Å². The van der Waals surface area contributed by atoms with Crippen LogP contribution in [0.25, 0.3) is 11.6 Å². The molecule has 2 heterocycles. The predicted molar refractivity (Wildman–Crippen MR) is 96.6 cm³/mol. The summed E-state index contributed by atoms with van der Waals surface area (Å²) < 4.78 is 10.5. The number of fused-ring (bicyclic) bond motifs is 1. The largest absolute Gasteiger partial charge is 0.485 e. The molecule has 0 saturated carbocycles. The maximum absolute atomic E-state index is 12.3. The number of nitrogens with one attached hydrogen (secondary N) is 1. The number of carbonyl (C=O) groups excluding carboxylic acids is 2. The van der Waals surface area contributed by atoms with Crippen molar-refractivity contribution in [2.45, 2.75) is 13.5 Å². The van der Waals surface area contributed by atoms with Crippen LogP contribution in [0.15, 0.2) is 53.1 Å². The predicted octanol–water partition coefficient (Wildman–Crippen LogP) is 2.77. The third kappa shape index (κ3) is 3.48. The van der Waals surface area contributed by atoms with E-state index in [-0.39, 0.29) is 12.5 Å². The molecule has 1 aliphatic rings. The Balaban J connectivity index is 1.54. The fraction of sp³-hybridized carbons (Fsp3) is 0.100. The van der Waals surface area contributed by atoms with Crippen LogP contribution in [0.3, 0.4) is 0 Å². The molecule has 2 aromatic carbocycles. The van der Waals surface area contributed by atoms with Crippen LogP contribution in [-0.4, -0.2) is 22.0 Å². The minimum Gasteiger partial charge on any atom is -0.485 e. The molecule has 0 radical (unpaired) electrons. The van der Waals surface area contributed by atoms with E-state index in [1.54, 1.807) is 49.4 Å². The van der Waals surface area contributed by atoms with Crippen molar-refractivity contribution in [3.8, 4) is 5.75 Å². The van der Waals surface area contributed by atoms with Gasteiger partial charge >= 0.3 is 0 Å². The topological polar surface area (TPSA) is 94.3 Å². The summed E-state index contributed by atoms with van der Waals surface area (Å²) >= 11 is 0. The summed E-state index contributed by atoms with van der Waals surface area (Å²) in [5, 5.41) is 6.13. The van der Waals surface area contributed by atoms with Crippen molar-refractivity contribution in [2.75, 3.05) is 0 Å². The van der Waals surface area contributed by atoms with Crippen LogP contribution in [0.1, 0.15) is 33.2 Å². The second kappa shape index (κ2) is 6.87. The Morgan fingerprint density at radius 3 is 2.48 bits per heavy atom. The SMILES string of the molecule is Cc1nc(COc2ccc(C=C3C(=O)NC(=O)c4ccccc43)cc2)no1. The number of hydrogen-bond donors (Lipinski definition) is 1. The Kier molecular flexibility index (Phi) is 4.25. The van der Waals surface area contributed by atoms with Crippen LogP contribution >= 0.6 is 0 Å². The van der Waals surface area contributed by atoms with Gasteiger partial charge in [0.05, 0.1) is 0 Å². The first-order valence-electron chi connectivity index (χ1n) is 8.29. The standard InChI is InChI=1S/C20H15N3O4/c1-12-21-18(23-27-12)11-26-14-8-6-13(7-9-14)10-17-15-4-2-3-5-16(15)19(24)22-20(17)25/h2-10H,11H2,1H3,(H,22,24,25).